The predicted octanol–water partition coefficient (Wildman–Crippen LogP) is 9.12. The lowest BCUT2D eigenvalue weighted by molar-refractivity contribution is -0.147. The van der Waals surface area contributed by atoms with E-state index in [1.54, 1.807) is 6.08 Å². The monoisotopic (exact) mass is 657 g/mol. The maximum Gasteiger partial charge on any atom is 0.315 e. The Bertz CT molecular complexity index is 1440. The van der Waals surface area contributed by atoms with E-state index in [2.05, 4.69) is 95.5 Å². The lowest BCUT2D eigenvalue weighted by Crippen LogP contribution is -2.67. The van der Waals surface area contributed by atoms with E-state index in [4.69, 9.17) is 13.6 Å². The lowest BCUT2D eigenvalue weighted by Gasteiger charge is -2.46. The first-order valence-corrected chi connectivity index (χ1v) is 20.8. The quantitative estimate of drug-likeness (QED) is 0.0329. The van der Waals surface area contributed by atoms with Crippen LogP contribution in [0.25, 0.3) is 10.4 Å². The molecule has 7 nitrogen and oxygen atoms in total. The van der Waals surface area contributed by atoms with Gasteiger partial charge in [-0.05, 0) is 63.2 Å². The van der Waals surface area contributed by atoms with E-state index in [9.17, 15) is 10.3 Å². The fraction of sp³-hybridized carbons (Fsp3) is 0.432. The molecular weight excluding hydrogens is 607 g/mol. The van der Waals surface area contributed by atoms with Crippen LogP contribution in [0.3, 0.4) is 0 Å². The van der Waals surface area contributed by atoms with Gasteiger partial charge in [0.05, 0.1) is 12.7 Å². The van der Waals surface area contributed by atoms with Crippen molar-refractivity contribution in [1.82, 2.24) is 0 Å². The number of ether oxygens (including phenoxy) is 1. The summed E-state index contributed by atoms with van der Waals surface area (Å²) in [5.41, 5.74) is 10.4. The molecule has 0 unspecified atom stereocenters. The van der Waals surface area contributed by atoms with E-state index in [0.717, 1.165) is 21.7 Å². The predicted molar refractivity (Wildman–Crippen MR) is 194 cm³/mol. The lowest BCUT2D eigenvalue weighted by atomic mass is 9.91. The highest BCUT2D eigenvalue weighted by molar-refractivity contribution is 6.99. The molecule has 0 fully saturated rings. The first-order chi connectivity index (χ1) is 21.6. The summed E-state index contributed by atoms with van der Waals surface area (Å²) in [7, 11) is -5.16. The summed E-state index contributed by atoms with van der Waals surface area (Å²) >= 11 is 0. The van der Waals surface area contributed by atoms with Gasteiger partial charge in [0.15, 0.2) is 0 Å². The molecule has 0 saturated carbocycles. The average Bonchev–Trinajstić information content (AvgIpc) is 3.00. The molecule has 0 aromatic heterocycles. The Labute approximate surface area is 277 Å². The Balaban J connectivity index is 2.24. The molecule has 0 N–H and O–H groups in total. The number of nitrogens with zero attached hydrogens (tertiary/aromatic N) is 3. The van der Waals surface area contributed by atoms with E-state index >= 15 is 0 Å². The molecule has 3 atom stereocenters. The molecule has 9 heteroatoms. The third-order valence-corrected chi connectivity index (χ3v) is 18.4. The highest BCUT2D eigenvalue weighted by Gasteiger charge is 2.53. The number of azide groups is 1. The van der Waals surface area contributed by atoms with Crippen LogP contribution < -0.4 is 14.8 Å². The van der Waals surface area contributed by atoms with Crippen LogP contribution in [0.2, 0.25) is 23.2 Å². The van der Waals surface area contributed by atoms with Gasteiger partial charge in [0.25, 0.3) is 8.32 Å². The molecular formula is C37H51N3O4Si2. The second-order valence-electron chi connectivity index (χ2n) is 14.4. The molecule has 246 valence electrons. The van der Waals surface area contributed by atoms with Crippen molar-refractivity contribution in [3.05, 3.63) is 114 Å². The van der Waals surface area contributed by atoms with Gasteiger partial charge in [0.2, 0.25) is 8.32 Å². The van der Waals surface area contributed by atoms with Crippen molar-refractivity contribution in [3.8, 4) is 5.75 Å². The maximum absolute atomic E-state index is 13.4. The standard InChI is InChI=1S/C37H51N3O4Si2/c1-11-12-27-42-35(41)33(39-40-38)28(2)34(29-23-25-30(26-24-29)43-45(9,10)36(3,4)5)44-46(37(6,7)8,31-19-15-13-16-20-31)32-21-17-14-18-22-32/h11,13-26,28,33-34H,1,12,27H2,2-10H3/t28-,33-,34-/m0/s1. The summed E-state index contributed by atoms with van der Waals surface area (Å²) in [5.74, 6) is -0.357. The van der Waals surface area contributed by atoms with E-state index < -0.39 is 40.7 Å². The topological polar surface area (TPSA) is 93.5 Å². The van der Waals surface area contributed by atoms with Gasteiger partial charge in [0.1, 0.15) is 11.8 Å². The minimum atomic E-state index is -3.09. The van der Waals surface area contributed by atoms with E-state index in [1.807, 2.05) is 67.6 Å². The van der Waals surface area contributed by atoms with Crippen LogP contribution in [0.5, 0.6) is 5.75 Å². The smallest absolute Gasteiger partial charge is 0.315 e. The van der Waals surface area contributed by atoms with Crippen LogP contribution in [0, 0.1) is 5.92 Å². The van der Waals surface area contributed by atoms with E-state index in [1.165, 1.54) is 0 Å². The highest BCUT2D eigenvalue weighted by atomic mass is 28.4. The minimum Gasteiger partial charge on any atom is -0.544 e. The van der Waals surface area contributed by atoms with Gasteiger partial charge in [-0.25, -0.2) is 0 Å². The third kappa shape index (κ3) is 8.39. The van der Waals surface area contributed by atoms with Gasteiger partial charge in [-0.3, -0.25) is 4.79 Å². The summed E-state index contributed by atoms with van der Waals surface area (Å²) in [4.78, 5) is 16.5. The van der Waals surface area contributed by atoms with Crippen molar-refractivity contribution in [2.45, 2.75) is 90.2 Å². The minimum absolute atomic E-state index is 0.0452. The molecule has 46 heavy (non-hydrogen) atoms. The molecule has 0 radical (unpaired) electrons. The second kappa shape index (κ2) is 15.3. The van der Waals surface area contributed by atoms with Gasteiger partial charge in [0, 0.05) is 10.8 Å². The number of benzene rings is 3. The number of rotatable bonds is 14. The van der Waals surface area contributed by atoms with Crippen molar-refractivity contribution in [2.75, 3.05) is 6.61 Å². The van der Waals surface area contributed by atoms with Crippen molar-refractivity contribution in [1.29, 1.82) is 0 Å². The van der Waals surface area contributed by atoms with Crippen LogP contribution in [-0.4, -0.2) is 35.3 Å². The molecule has 3 aromatic rings. The van der Waals surface area contributed by atoms with Crippen LogP contribution in [0.1, 0.15) is 66.6 Å². The first-order valence-electron chi connectivity index (χ1n) is 16.0. The summed E-state index contributed by atoms with van der Waals surface area (Å²) in [6.07, 6.45) is 1.55. The average molecular weight is 658 g/mol. The van der Waals surface area contributed by atoms with Gasteiger partial charge < -0.3 is 13.6 Å². The van der Waals surface area contributed by atoms with Gasteiger partial charge in [-0.1, -0.05) is 132 Å². The van der Waals surface area contributed by atoms with Gasteiger partial charge >= 0.3 is 5.97 Å². The van der Waals surface area contributed by atoms with Crippen molar-refractivity contribution in [3.63, 3.8) is 0 Å². The summed E-state index contributed by atoms with van der Waals surface area (Å²) in [5, 5.41) is 5.92. The Kier molecular flexibility index (Phi) is 12.3. The maximum atomic E-state index is 13.4. The number of carbonyl (C=O) groups is 1. The molecule has 0 aliphatic heterocycles. The number of hydrogen-bond donors (Lipinski definition) is 0. The normalized spacial score (nSPS) is 14.4. The van der Waals surface area contributed by atoms with E-state index in [0.29, 0.717) is 6.42 Å². The van der Waals surface area contributed by atoms with Crippen LogP contribution in [0.4, 0.5) is 0 Å². The van der Waals surface area contributed by atoms with Crippen molar-refractivity contribution in [2.24, 2.45) is 11.0 Å². The van der Waals surface area contributed by atoms with Crippen LogP contribution in [0.15, 0.2) is 103 Å². The molecule has 0 spiro atoms. The first kappa shape index (κ1) is 36.8. The molecule has 0 amide bonds. The molecule has 0 heterocycles. The van der Waals surface area contributed by atoms with Gasteiger partial charge in [-0.2, -0.15) is 0 Å². The van der Waals surface area contributed by atoms with Crippen LogP contribution >= 0.6 is 0 Å². The van der Waals surface area contributed by atoms with E-state index in [-0.39, 0.29) is 16.7 Å². The zero-order chi connectivity index (χ0) is 34.2. The summed E-state index contributed by atoms with van der Waals surface area (Å²) in [6.45, 7) is 23.5. The Morgan fingerprint density at radius 1 is 0.891 bits per heavy atom. The van der Waals surface area contributed by atoms with Gasteiger partial charge in [-0.15, -0.1) is 6.58 Å². The summed E-state index contributed by atoms with van der Waals surface area (Å²) < 4.78 is 19.8. The SMILES string of the molecule is C=CCCOC(=O)[C@@H](N=[N+]=[N-])[C@H](C)[C@H](O[Si](c1ccccc1)(c1ccccc1)C(C)(C)C)c1ccc(O[Si](C)(C)C(C)(C)C)cc1. The van der Waals surface area contributed by atoms with Crippen LogP contribution in [-0.2, 0) is 14.0 Å². The fourth-order valence-corrected chi connectivity index (χ4v) is 11.2. The number of hydrogen-bond acceptors (Lipinski definition) is 5. The zero-order valence-electron chi connectivity index (χ0n) is 29.0. The molecule has 3 aromatic carbocycles. The molecule has 3 rings (SSSR count). The molecule has 0 aliphatic rings. The number of esters is 1. The van der Waals surface area contributed by atoms with Crippen molar-refractivity contribution >= 4 is 33.0 Å². The molecule has 0 aliphatic carbocycles. The van der Waals surface area contributed by atoms with Crippen molar-refractivity contribution < 1.29 is 18.4 Å². The Hall–Kier alpha value is -3.63. The molecule has 0 saturated heterocycles. The highest BCUT2D eigenvalue weighted by Crippen LogP contribution is 2.43. The summed E-state index contributed by atoms with van der Waals surface area (Å²) in [6, 6.07) is 27.6. The Morgan fingerprint density at radius 3 is 1.85 bits per heavy atom. The zero-order valence-corrected chi connectivity index (χ0v) is 31.0. The second-order valence-corrected chi connectivity index (χ2v) is 23.4. The number of carbonyl (C=O) groups excluding carboxylic acids is 1. The molecule has 0 bridgehead atoms. The largest absolute Gasteiger partial charge is 0.544 e. The fourth-order valence-electron chi connectivity index (χ4n) is 5.45. The third-order valence-electron chi connectivity index (χ3n) is 9.07. The Morgan fingerprint density at radius 2 is 1.41 bits per heavy atom.